The lowest BCUT2D eigenvalue weighted by atomic mass is 10.2. The van der Waals surface area contributed by atoms with E-state index in [1.807, 2.05) is 6.07 Å². The maximum absolute atomic E-state index is 10.9. The topological polar surface area (TPSA) is 61.0 Å². The highest BCUT2D eigenvalue weighted by Crippen LogP contribution is 2.25. The standard InChI is InChI=1S/C12H11Cl2N3O2/c1-7-12(17(18)19)8(2)16(15-7)6-9-3-4-10(13)11(14)5-9/h3-5H,6H2,1-2H3. The van der Waals surface area contributed by atoms with Crippen LogP contribution in [0.1, 0.15) is 17.0 Å². The molecule has 0 amide bonds. The van der Waals surface area contributed by atoms with Crippen LogP contribution >= 0.6 is 23.2 Å². The molecule has 2 aromatic rings. The Bertz CT molecular complexity index is 653. The molecular weight excluding hydrogens is 289 g/mol. The van der Waals surface area contributed by atoms with Gasteiger partial charge in [0.1, 0.15) is 11.4 Å². The molecule has 1 aromatic carbocycles. The summed E-state index contributed by atoms with van der Waals surface area (Å²) in [4.78, 5) is 10.5. The van der Waals surface area contributed by atoms with Crippen molar-refractivity contribution < 1.29 is 4.92 Å². The Morgan fingerprint density at radius 3 is 2.53 bits per heavy atom. The fourth-order valence-corrected chi connectivity index (χ4v) is 2.24. The minimum absolute atomic E-state index is 0.0556. The number of aryl methyl sites for hydroxylation is 1. The number of hydrogen-bond acceptors (Lipinski definition) is 3. The van der Waals surface area contributed by atoms with Gasteiger partial charge in [0.2, 0.25) is 0 Å². The first-order valence-electron chi connectivity index (χ1n) is 5.52. The van der Waals surface area contributed by atoms with E-state index in [1.165, 1.54) is 0 Å². The highest BCUT2D eigenvalue weighted by Gasteiger charge is 2.21. The number of nitro groups is 1. The smallest absolute Gasteiger partial charge is 0.258 e. The van der Waals surface area contributed by atoms with E-state index in [4.69, 9.17) is 23.2 Å². The van der Waals surface area contributed by atoms with Gasteiger partial charge >= 0.3 is 5.69 Å². The molecule has 0 aliphatic heterocycles. The first-order chi connectivity index (χ1) is 8.90. The summed E-state index contributed by atoms with van der Waals surface area (Å²) in [7, 11) is 0. The van der Waals surface area contributed by atoms with Crippen molar-refractivity contribution in [2.45, 2.75) is 20.4 Å². The van der Waals surface area contributed by atoms with E-state index >= 15 is 0 Å². The highest BCUT2D eigenvalue weighted by atomic mass is 35.5. The minimum Gasteiger partial charge on any atom is -0.258 e. The average Bonchev–Trinajstić information content (AvgIpc) is 2.59. The van der Waals surface area contributed by atoms with Crippen molar-refractivity contribution in [2.24, 2.45) is 0 Å². The Labute approximate surface area is 119 Å². The summed E-state index contributed by atoms with van der Waals surface area (Å²) in [5, 5.41) is 16.0. The molecule has 1 heterocycles. The van der Waals surface area contributed by atoms with Crippen LogP contribution in [-0.2, 0) is 6.54 Å². The van der Waals surface area contributed by atoms with Crippen molar-refractivity contribution >= 4 is 28.9 Å². The van der Waals surface area contributed by atoms with Crippen LogP contribution in [0.3, 0.4) is 0 Å². The molecule has 5 nitrogen and oxygen atoms in total. The van der Waals surface area contributed by atoms with Crippen molar-refractivity contribution in [3.05, 3.63) is 55.3 Å². The van der Waals surface area contributed by atoms with Crippen molar-refractivity contribution in [2.75, 3.05) is 0 Å². The van der Waals surface area contributed by atoms with Gasteiger partial charge in [-0.25, -0.2) is 0 Å². The first kappa shape index (κ1) is 13.8. The van der Waals surface area contributed by atoms with E-state index in [-0.39, 0.29) is 5.69 Å². The largest absolute Gasteiger partial charge is 0.312 e. The van der Waals surface area contributed by atoms with E-state index in [0.29, 0.717) is 28.0 Å². The molecule has 0 atom stereocenters. The van der Waals surface area contributed by atoms with Gasteiger partial charge in [0, 0.05) is 0 Å². The van der Waals surface area contributed by atoms with E-state index < -0.39 is 4.92 Å². The second kappa shape index (κ2) is 5.19. The van der Waals surface area contributed by atoms with E-state index in [0.717, 1.165) is 5.56 Å². The number of aromatic nitrogens is 2. The highest BCUT2D eigenvalue weighted by molar-refractivity contribution is 6.42. The summed E-state index contributed by atoms with van der Waals surface area (Å²) in [5.74, 6) is 0. The Morgan fingerprint density at radius 1 is 1.32 bits per heavy atom. The van der Waals surface area contributed by atoms with Gasteiger partial charge < -0.3 is 0 Å². The second-order valence-corrected chi connectivity index (χ2v) is 5.00. The van der Waals surface area contributed by atoms with E-state index in [9.17, 15) is 10.1 Å². The molecule has 0 radical (unpaired) electrons. The number of hydrogen-bond donors (Lipinski definition) is 0. The van der Waals surface area contributed by atoms with Crippen molar-refractivity contribution in [1.29, 1.82) is 0 Å². The molecule has 19 heavy (non-hydrogen) atoms. The number of rotatable bonds is 3. The molecule has 1 aromatic heterocycles. The van der Waals surface area contributed by atoms with E-state index in [1.54, 1.807) is 30.7 Å². The maximum Gasteiger partial charge on any atom is 0.312 e. The van der Waals surface area contributed by atoms with Crippen LogP contribution in [0.5, 0.6) is 0 Å². The molecule has 0 aliphatic rings. The summed E-state index contributed by atoms with van der Waals surface area (Å²) in [5.41, 5.74) is 1.87. The van der Waals surface area contributed by atoms with Crippen LogP contribution in [0.15, 0.2) is 18.2 Å². The molecule has 0 fully saturated rings. The Hall–Kier alpha value is -1.59. The monoisotopic (exact) mass is 299 g/mol. The minimum atomic E-state index is -0.414. The van der Waals surface area contributed by atoms with E-state index in [2.05, 4.69) is 5.10 Å². The molecule has 0 unspecified atom stereocenters. The molecule has 0 saturated heterocycles. The third kappa shape index (κ3) is 2.72. The second-order valence-electron chi connectivity index (χ2n) is 4.18. The summed E-state index contributed by atoms with van der Waals surface area (Å²) in [6, 6.07) is 5.24. The van der Waals surface area contributed by atoms with Gasteiger partial charge in [-0.3, -0.25) is 14.8 Å². The quantitative estimate of drug-likeness (QED) is 0.640. The zero-order valence-corrected chi connectivity index (χ0v) is 11.9. The predicted molar refractivity (Wildman–Crippen MR) is 73.9 cm³/mol. The molecule has 0 bridgehead atoms. The lowest BCUT2D eigenvalue weighted by molar-refractivity contribution is -0.386. The molecule has 7 heteroatoms. The Balaban J connectivity index is 2.36. The fourth-order valence-electron chi connectivity index (χ4n) is 1.92. The van der Waals surface area contributed by atoms with Gasteiger partial charge in [0.15, 0.2) is 0 Å². The lowest BCUT2D eigenvalue weighted by Crippen LogP contribution is -2.04. The SMILES string of the molecule is Cc1nn(Cc2ccc(Cl)c(Cl)c2)c(C)c1[N+](=O)[O-]. The summed E-state index contributed by atoms with van der Waals surface area (Å²) < 4.78 is 1.59. The molecule has 0 aliphatic carbocycles. The van der Waals surface area contributed by atoms with Gasteiger partial charge in [-0.05, 0) is 31.5 Å². The first-order valence-corrected chi connectivity index (χ1v) is 6.28. The summed E-state index contributed by atoms with van der Waals surface area (Å²) in [6.45, 7) is 3.71. The van der Waals surface area contributed by atoms with Gasteiger partial charge in [0.05, 0.1) is 21.5 Å². The van der Waals surface area contributed by atoms with Crippen molar-refractivity contribution in [3.8, 4) is 0 Å². The third-order valence-electron chi connectivity index (χ3n) is 2.84. The number of halogens is 2. The normalized spacial score (nSPS) is 10.7. The zero-order chi connectivity index (χ0) is 14.2. The molecular formula is C12H11Cl2N3O2. The molecule has 2 rings (SSSR count). The average molecular weight is 300 g/mol. The Morgan fingerprint density at radius 2 is 2.00 bits per heavy atom. The summed E-state index contributed by atoms with van der Waals surface area (Å²) >= 11 is 11.8. The molecule has 100 valence electrons. The number of nitrogens with zero attached hydrogens (tertiary/aromatic N) is 3. The van der Waals surface area contributed by atoms with Crippen LogP contribution < -0.4 is 0 Å². The Kier molecular flexibility index (Phi) is 3.78. The van der Waals surface area contributed by atoms with Crippen molar-refractivity contribution in [3.63, 3.8) is 0 Å². The third-order valence-corrected chi connectivity index (χ3v) is 3.58. The van der Waals surface area contributed by atoms with Gasteiger partial charge in [-0.1, -0.05) is 29.3 Å². The molecule has 0 spiro atoms. The van der Waals surface area contributed by atoms with Crippen LogP contribution in [-0.4, -0.2) is 14.7 Å². The zero-order valence-electron chi connectivity index (χ0n) is 10.4. The summed E-state index contributed by atoms with van der Waals surface area (Å²) in [6.07, 6.45) is 0. The molecule has 0 saturated carbocycles. The fraction of sp³-hybridized carbons (Fsp3) is 0.250. The van der Waals surface area contributed by atoms with Gasteiger partial charge in [-0.15, -0.1) is 0 Å². The predicted octanol–water partition coefficient (Wildman–Crippen LogP) is 3.76. The van der Waals surface area contributed by atoms with Crippen molar-refractivity contribution in [1.82, 2.24) is 9.78 Å². The van der Waals surface area contributed by atoms with Crippen LogP contribution in [0.4, 0.5) is 5.69 Å². The lowest BCUT2D eigenvalue weighted by Gasteiger charge is -2.05. The number of benzene rings is 1. The van der Waals surface area contributed by atoms with Gasteiger partial charge in [0.25, 0.3) is 0 Å². The van der Waals surface area contributed by atoms with Crippen LogP contribution in [0, 0.1) is 24.0 Å². The van der Waals surface area contributed by atoms with Crippen LogP contribution in [0.2, 0.25) is 10.0 Å². The molecule has 0 N–H and O–H groups in total. The van der Waals surface area contributed by atoms with Crippen LogP contribution in [0.25, 0.3) is 0 Å². The maximum atomic E-state index is 10.9. The van der Waals surface area contributed by atoms with Gasteiger partial charge in [-0.2, -0.15) is 5.10 Å².